The standard InChI is InChI=1S/C15H24N2O3/c1-9-6-7-12(8-17(9)11(3)18)14-16-13(10(2)20-14)15(4,5)19/h9,12,19H,6-8H2,1-5H3. The van der Waals surface area contributed by atoms with Crippen LogP contribution >= 0.6 is 0 Å². The van der Waals surface area contributed by atoms with E-state index in [1.165, 1.54) is 0 Å². The largest absolute Gasteiger partial charge is 0.445 e. The lowest BCUT2D eigenvalue weighted by Crippen LogP contribution is -2.43. The lowest BCUT2D eigenvalue weighted by atomic mass is 9.93. The predicted molar refractivity (Wildman–Crippen MR) is 75.3 cm³/mol. The Kier molecular flexibility index (Phi) is 3.91. The zero-order chi connectivity index (χ0) is 15.1. The number of aryl methyl sites for hydroxylation is 1. The smallest absolute Gasteiger partial charge is 0.219 e. The number of carbonyl (C=O) groups is 1. The molecule has 0 aliphatic carbocycles. The van der Waals surface area contributed by atoms with Gasteiger partial charge in [0.1, 0.15) is 17.1 Å². The number of carbonyl (C=O) groups excluding carboxylic acids is 1. The minimum atomic E-state index is -1.01. The van der Waals surface area contributed by atoms with Crippen LogP contribution in [-0.2, 0) is 10.4 Å². The van der Waals surface area contributed by atoms with Crippen molar-refractivity contribution >= 4 is 5.91 Å². The van der Waals surface area contributed by atoms with Gasteiger partial charge in [0.05, 0.1) is 5.92 Å². The Balaban J connectivity index is 2.22. The maximum absolute atomic E-state index is 11.7. The quantitative estimate of drug-likeness (QED) is 0.903. The first-order valence-electron chi connectivity index (χ1n) is 7.17. The molecule has 1 aromatic heterocycles. The number of likely N-dealkylation sites (tertiary alicyclic amines) is 1. The molecule has 0 spiro atoms. The summed E-state index contributed by atoms with van der Waals surface area (Å²) in [5.41, 5.74) is -0.422. The van der Waals surface area contributed by atoms with E-state index in [-0.39, 0.29) is 17.9 Å². The molecule has 5 heteroatoms. The first-order valence-corrected chi connectivity index (χ1v) is 7.17. The van der Waals surface area contributed by atoms with Gasteiger partial charge in [-0.1, -0.05) is 0 Å². The van der Waals surface area contributed by atoms with Crippen molar-refractivity contribution in [1.82, 2.24) is 9.88 Å². The van der Waals surface area contributed by atoms with Crippen LogP contribution in [0.5, 0.6) is 0 Å². The van der Waals surface area contributed by atoms with Crippen molar-refractivity contribution in [2.75, 3.05) is 6.54 Å². The molecule has 1 aliphatic rings. The Morgan fingerprint density at radius 1 is 1.45 bits per heavy atom. The lowest BCUT2D eigenvalue weighted by Gasteiger charge is -2.36. The minimum absolute atomic E-state index is 0.0909. The van der Waals surface area contributed by atoms with E-state index in [9.17, 15) is 9.90 Å². The van der Waals surface area contributed by atoms with Crippen LogP contribution in [0.1, 0.15) is 63.8 Å². The van der Waals surface area contributed by atoms with Crippen LogP contribution in [0, 0.1) is 6.92 Å². The highest BCUT2D eigenvalue weighted by Gasteiger charge is 2.33. The van der Waals surface area contributed by atoms with Crippen LogP contribution in [-0.4, -0.2) is 33.5 Å². The third-order valence-corrected chi connectivity index (χ3v) is 4.03. The van der Waals surface area contributed by atoms with Crippen molar-refractivity contribution in [2.24, 2.45) is 0 Å². The van der Waals surface area contributed by atoms with Crippen LogP contribution in [0.2, 0.25) is 0 Å². The van der Waals surface area contributed by atoms with Crippen molar-refractivity contribution < 1.29 is 14.3 Å². The van der Waals surface area contributed by atoms with E-state index in [0.717, 1.165) is 12.8 Å². The average Bonchev–Trinajstić information content (AvgIpc) is 2.71. The molecule has 2 unspecified atom stereocenters. The first kappa shape index (κ1) is 15.0. The molecule has 0 saturated carbocycles. The fraction of sp³-hybridized carbons (Fsp3) is 0.733. The summed E-state index contributed by atoms with van der Waals surface area (Å²) in [5.74, 6) is 1.50. The third-order valence-electron chi connectivity index (χ3n) is 4.03. The Bertz CT molecular complexity index is 502. The minimum Gasteiger partial charge on any atom is -0.445 e. The second-order valence-corrected chi connectivity index (χ2v) is 6.31. The second-order valence-electron chi connectivity index (χ2n) is 6.31. The van der Waals surface area contributed by atoms with Crippen LogP contribution in [0.4, 0.5) is 0 Å². The molecule has 2 atom stereocenters. The van der Waals surface area contributed by atoms with Gasteiger partial charge in [-0.25, -0.2) is 4.98 Å². The monoisotopic (exact) mass is 280 g/mol. The molecule has 1 N–H and O–H groups in total. The van der Waals surface area contributed by atoms with E-state index in [1.54, 1.807) is 20.8 Å². The number of nitrogens with zero attached hydrogens (tertiary/aromatic N) is 2. The van der Waals surface area contributed by atoms with Crippen LogP contribution < -0.4 is 0 Å². The summed E-state index contributed by atoms with van der Waals surface area (Å²) in [7, 11) is 0. The highest BCUT2D eigenvalue weighted by Crippen LogP contribution is 2.32. The molecule has 1 amide bonds. The van der Waals surface area contributed by atoms with Gasteiger partial charge in [0, 0.05) is 19.5 Å². The second kappa shape index (κ2) is 5.20. The zero-order valence-corrected chi connectivity index (χ0v) is 12.9. The molecule has 1 saturated heterocycles. The molecule has 0 aromatic carbocycles. The van der Waals surface area contributed by atoms with Gasteiger partial charge >= 0.3 is 0 Å². The van der Waals surface area contributed by atoms with E-state index in [4.69, 9.17) is 4.42 Å². The van der Waals surface area contributed by atoms with Crippen LogP contribution in [0.25, 0.3) is 0 Å². The Morgan fingerprint density at radius 3 is 2.60 bits per heavy atom. The van der Waals surface area contributed by atoms with Crippen LogP contribution in [0.3, 0.4) is 0 Å². The molecule has 2 rings (SSSR count). The highest BCUT2D eigenvalue weighted by molar-refractivity contribution is 5.73. The van der Waals surface area contributed by atoms with E-state index in [0.29, 0.717) is 23.9 Å². The van der Waals surface area contributed by atoms with Gasteiger partial charge in [-0.05, 0) is 40.5 Å². The molecule has 1 aliphatic heterocycles. The molecule has 112 valence electrons. The van der Waals surface area contributed by atoms with Gasteiger partial charge in [0.2, 0.25) is 5.91 Å². The van der Waals surface area contributed by atoms with Crippen molar-refractivity contribution in [3.63, 3.8) is 0 Å². The number of amides is 1. The van der Waals surface area contributed by atoms with Crippen molar-refractivity contribution in [1.29, 1.82) is 0 Å². The summed E-state index contributed by atoms with van der Waals surface area (Å²) in [5, 5.41) is 10.1. The molecule has 1 aromatic rings. The predicted octanol–water partition coefficient (Wildman–Crippen LogP) is 2.32. The summed E-state index contributed by atoms with van der Waals surface area (Å²) in [6, 6.07) is 0.272. The normalized spacial score (nSPS) is 24.0. The summed E-state index contributed by atoms with van der Waals surface area (Å²) in [6.45, 7) is 9.53. The van der Waals surface area contributed by atoms with Crippen molar-refractivity contribution in [3.05, 3.63) is 17.3 Å². The Labute approximate surface area is 120 Å². The lowest BCUT2D eigenvalue weighted by molar-refractivity contribution is -0.132. The number of rotatable bonds is 2. The molecule has 5 nitrogen and oxygen atoms in total. The van der Waals surface area contributed by atoms with E-state index in [1.807, 2.05) is 11.8 Å². The number of piperidine rings is 1. The molecule has 1 fully saturated rings. The number of oxazole rings is 1. The van der Waals surface area contributed by atoms with E-state index >= 15 is 0 Å². The number of aliphatic hydroxyl groups is 1. The fourth-order valence-electron chi connectivity index (χ4n) is 2.91. The molecule has 0 bridgehead atoms. The topological polar surface area (TPSA) is 66.6 Å². The molecule has 0 radical (unpaired) electrons. The van der Waals surface area contributed by atoms with Gasteiger partial charge in [-0.3, -0.25) is 4.79 Å². The summed E-state index contributed by atoms with van der Waals surface area (Å²) >= 11 is 0. The van der Waals surface area contributed by atoms with Gasteiger partial charge in [-0.2, -0.15) is 0 Å². The molecular formula is C15H24N2O3. The van der Waals surface area contributed by atoms with Gasteiger partial charge < -0.3 is 14.4 Å². The third kappa shape index (κ3) is 2.87. The van der Waals surface area contributed by atoms with Crippen LogP contribution in [0.15, 0.2) is 4.42 Å². The zero-order valence-electron chi connectivity index (χ0n) is 12.9. The van der Waals surface area contributed by atoms with Crippen molar-refractivity contribution in [3.8, 4) is 0 Å². The number of aromatic nitrogens is 1. The number of hydrogen-bond donors (Lipinski definition) is 1. The average molecular weight is 280 g/mol. The Morgan fingerprint density at radius 2 is 2.10 bits per heavy atom. The molecule has 20 heavy (non-hydrogen) atoms. The van der Waals surface area contributed by atoms with E-state index in [2.05, 4.69) is 11.9 Å². The molecule has 2 heterocycles. The highest BCUT2D eigenvalue weighted by atomic mass is 16.4. The first-order chi connectivity index (χ1) is 9.20. The fourth-order valence-corrected chi connectivity index (χ4v) is 2.91. The maximum atomic E-state index is 11.7. The summed E-state index contributed by atoms with van der Waals surface area (Å²) < 4.78 is 5.73. The number of hydrogen-bond acceptors (Lipinski definition) is 4. The van der Waals surface area contributed by atoms with Crippen molar-refractivity contribution in [2.45, 2.75) is 65.0 Å². The van der Waals surface area contributed by atoms with Gasteiger partial charge in [0.25, 0.3) is 0 Å². The summed E-state index contributed by atoms with van der Waals surface area (Å²) in [6.07, 6.45) is 1.90. The Hall–Kier alpha value is -1.36. The van der Waals surface area contributed by atoms with E-state index < -0.39 is 5.60 Å². The van der Waals surface area contributed by atoms with Gasteiger partial charge in [-0.15, -0.1) is 0 Å². The SMILES string of the molecule is CC(=O)N1CC(c2nc(C(C)(C)O)c(C)o2)CCC1C. The van der Waals surface area contributed by atoms with Gasteiger partial charge in [0.15, 0.2) is 5.89 Å². The molecular weight excluding hydrogens is 256 g/mol. The summed E-state index contributed by atoms with van der Waals surface area (Å²) in [4.78, 5) is 18.0. The maximum Gasteiger partial charge on any atom is 0.219 e.